The second-order valence-corrected chi connectivity index (χ2v) is 14.4. The number of aliphatic hydroxyl groups is 3. The minimum atomic E-state index is -5.67. The van der Waals surface area contributed by atoms with Crippen molar-refractivity contribution in [2.75, 3.05) is 6.61 Å². The van der Waals surface area contributed by atoms with Gasteiger partial charge in [0, 0.05) is 6.42 Å². The Morgan fingerprint density at radius 2 is 1.76 bits per heavy atom. The van der Waals surface area contributed by atoms with E-state index in [4.69, 9.17) is 4.55 Å². The van der Waals surface area contributed by atoms with Crippen LogP contribution < -0.4 is 0 Å². The van der Waals surface area contributed by atoms with Gasteiger partial charge in [-0.2, -0.15) is 17.2 Å². The van der Waals surface area contributed by atoms with Crippen LogP contribution in [0.2, 0.25) is 0 Å². The minimum absolute atomic E-state index is 0.0248. The maximum Gasteiger partial charge on any atom is 0.402 e. The highest BCUT2D eigenvalue weighted by atomic mass is 32.2. The van der Waals surface area contributed by atoms with Gasteiger partial charge < -0.3 is 20.1 Å². The van der Waals surface area contributed by atoms with Crippen molar-refractivity contribution in [3.8, 4) is 0 Å². The van der Waals surface area contributed by atoms with Gasteiger partial charge in [0.25, 0.3) is 0 Å². The van der Waals surface area contributed by atoms with Gasteiger partial charge in [0.2, 0.25) is 0 Å². The number of halogens is 2. The molecular formula is C26H42F2O8S. The molecule has 4 rings (SSSR count). The third-order valence-corrected chi connectivity index (χ3v) is 12.0. The molecule has 0 bridgehead atoms. The van der Waals surface area contributed by atoms with Gasteiger partial charge in [-0.15, -0.1) is 0 Å². The lowest BCUT2D eigenvalue weighted by molar-refractivity contribution is -0.207. The summed E-state index contributed by atoms with van der Waals surface area (Å²) in [6, 6.07) is 0. The molecule has 0 aromatic heterocycles. The third-order valence-electron chi connectivity index (χ3n) is 11.1. The maximum atomic E-state index is 13.4. The van der Waals surface area contributed by atoms with E-state index in [1.807, 2.05) is 6.92 Å². The van der Waals surface area contributed by atoms with Gasteiger partial charge in [0.05, 0.1) is 18.3 Å². The molecule has 4 saturated carbocycles. The summed E-state index contributed by atoms with van der Waals surface area (Å²) in [4.78, 5) is 12.1. The van der Waals surface area contributed by atoms with E-state index >= 15 is 0 Å². The van der Waals surface area contributed by atoms with Crippen LogP contribution >= 0.6 is 0 Å². The topological polar surface area (TPSA) is 141 Å². The summed E-state index contributed by atoms with van der Waals surface area (Å²) < 4.78 is 61.1. The monoisotopic (exact) mass is 552 g/mol. The van der Waals surface area contributed by atoms with Gasteiger partial charge in [-0.3, -0.25) is 9.35 Å². The molecule has 11 heteroatoms. The number of rotatable bonds is 7. The Hall–Kier alpha value is -0.880. The number of esters is 1. The molecular weight excluding hydrogens is 510 g/mol. The van der Waals surface area contributed by atoms with Gasteiger partial charge in [-0.1, -0.05) is 20.8 Å². The maximum absolute atomic E-state index is 13.4. The summed E-state index contributed by atoms with van der Waals surface area (Å²) in [5.41, 5.74) is -0.482. The van der Waals surface area contributed by atoms with E-state index in [9.17, 15) is 37.3 Å². The summed E-state index contributed by atoms with van der Waals surface area (Å²) in [6.45, 7) is 4.59. The molecule has 0 heterocycles. The molecule has 0 aromatic rings. The fourth-order valence-electron chi connectivity index (χ4n) is 8.99. The average Bonchev–Trinajstić information content (AvgIpc) is 3.16. The molecule has 0 spiro atoms. The molecule has 11 atom stereocenters. The van der Waals surface area contributed by atoms with E-state index in [2.05, 4.69) is 18.6 Å². The van der Waals surface area contributed by atoms with Crippen LogP contribution in [-0.4, -0.2) is 64.4 Å². The first-order chi connectivity index (χ1) is 17.0. The summed E-state index contributed by atoms with van der Waals surface area (Å²) in [7, 11) is -5.67. The molecule has 1 unspecified atom stereocenters. The fourth-order valence-corrected chi connectivity index (χ4v) is 9.20. The molecule has 4 aliphatic rings. The molecule has 4 N–H and O–H groups in total. The second-order valence-electron chi connectivity index (χ2n) is 12.8. The highest BCUT2D eigenvalue weighted by Gasteiger charge is 2.65. The highest BCUT2D eigenvalue weighted by molar-refractivity contribution is 7.86. The molecule has 0 radical (unpaired) electrons. The zero-order valence-corrected chi connectivity index (χ0v) is 22.7. The quantitative estimate of drug-likeness (QED) is 0.278. The Bertz CT molecular complexity index is 976. The van der Waals surface area contributed by atoms with Crippen LogP contribution in [0, 0.1) is 46.3 Å². The molecule has 0 aliphatic heterocycles. The van der Waals surface area contributed by atoms with E-state index in [1.54, 1.807) is 0 Å². The van der Waals surface area contributed by atoms with Crippen LogP contribution in [0.15, 0.2) is 0 Å². The smallest absolute Gasteiger partial charge is 0.402 e. The Labute approximate surface area is 217 Å². The van der Waals surface area contributed by atoms with Crippen LogP contribution in [0.25, 0.3) is 0 Å². The average molecular weight is 553 g/mol. The van der Waals surface area contributed by atoms with E-state index in [-0.39, 0.29) is 53.4 Å². The van der Waals surface area contributed by atoms with Crippen LogP contribution in [0.5, 0.6) is 0 Å². The van der Waals surface area contributed by atoms with E-state index in [1.165, 1.54) is 0 Å². The van der Waals surface area contributed by atoms with E-state index in [0.29, 0.717) is 25.7 Å². The normalized spacial score (nSPS) is 44.9. The number of ether oxygens (including phenoxy) is 1. The summed E-state index contributed by atoms with van der Waals surface area (Å²) in [5.74, 6) is -0.352. The van der Waals surface area contributed by atoms with Crippen LogP contribution in [-0.2, 0) is 19.6 Å². The molecule has 4 fully saturated rings. The van der Waals surface area contributed by atoms with Crippen LogP contribution in [0.4, 0.5) is 8.78 Å². The molecule has 8 nitrogen and oxygen atoms in total. The third kappa shape index (κ3) is 4.96. The van der Waals surface area contributed by atoms with Gasteiger partial charge >= 0.3 is 21.3 Å². The lowest BCUT2D eigenvalue weighted by atomic mass is 9.43. The van der Waals surface area contributed by atoms with Crippen LogP contribution in [0.3, 0.4) is 0 Å². The number of alkyl halides is 2. The first kappa shape index (κ1) is 29.1. The molecule has 0 amide bonds. The van der Waals surface area contributed by atoms with Crippen molar-refractivity contribution in [2.45, 2.75) is 102 Å². The molecule has 37 heavy (non-hydrogen) atoms. The Morgan fingerprint density at radius 1 is 1.08 bits per heavy atom. The van der Waals surface area contributed by atoms with Crippen molar-refractivity contribution < 1.29 is 46.6 Å². The summed E-state index contributed by atoms with van der Waals surface area (Å²) >= 11 is 0. The summed E-state index contributed by atoms with van der Waals surface area (Å²) in [5, 5.41) is 28.6. The number of hydrogen-bond donors (Lipinski definition) is 4. The SMILES string of the molecule is C[C@H](CCC(=O)OCC(F)(F)S(=O)(=O)O)[C@H]1CC[C@H]2[C@@H]3[C@H](O)CC4C[C@H](O)CC[C@]4(C)[C@H]3C[C@H](O)[C@]12C. The van der Waals surface area contributed by atoms with Gasteiger partial charge in [-0.05, 0) is 97.7 Å². The molecule has 0 aromatic carbocycles. The first-order valence-electron chi connectivity index (χ1n) is 13.6. The lowest BCUT2D eigenvalue weighted by Crippen LogP contribution is -2.62. The van der Waals surface area contributed by atoms with Crippen molar-refractivity contribution in [2.24, 2.45) is 46.3 Å². The number of fused-ring (bicyclic) bond motifs is 5. The lowest BCUT2D eigenvalue weighted by Gasteiger charge is -2.63. The zero-order valence-electron chi connectivity index (χ0n) is 21.9. The van der Waals surface area contributed by atoms with Gasteiger partial charge in [0.1, 0.15) is 0 Å². The van der Waals surface area contributed by atoms with Gasteiger partial charge in [-0.25, -0.2) is 0 Å². The molecule has 214 valence electrons. The zero-order chi connectivity index (χ0) is 27.6. The Balaban J connectivity index is 1.43. The minimum Gasteiger partial charge on any atom is -0.458 e. The Kier molecular flexibility index (Phi) is 7.82. The van der Waals surface area contributed by atoms with Crippen molar-refractivity contribution >= 4 is 16.1 Å². The van der Waals surface area contributed by atoms with E-state index < -0.39 is 45.6 Å². The van der Waals surface area contributed by atoms with Crippen LogP contribution in [0.1, 0.15) is 78.6 Å². The first-order valence-corrected chi connectivity index (χ1v) is 15.0. The van der Waals surface area contributed by atoms with Crippen molar-refractivity contribution in [1.82, 2.24) is 0 Å². The van der Waals surface area contributed by atoms with Gasteiger partial charge in [0.15, 0.2) is 6.61 Å². The van der Waals surface area contributed by atoms with Crippen molar-refractivity contribution in [3.63, 3.8) is 0 Å². The predicted molar refractivity (Wildman–Crippen MR) is 130 cm³/mol. The molecule has 4 aliphatic carbocycles. The van der Waals surface area contributed by atoms with Crippen molar-refractivity contribution in [3.05, 3.63) is 0 Å². The second kappa shape index (κ2) is 9.94. The Morgan fingerprint density at radius 3 is 2.41 bits per heavy atom. The standard InChI is InChI=1S/C26H42F2O8S/c1-14(4-7-22(32)36-13-26(27,28)37(33,34)35)17-5-6-18-23-19(12-21(31)25(17,18)3)24(2)9-8-16(29)10-15(24)11-20(23)30/h14-21,23,29-31H,4-13H2,1-3H3,(H,33,34,35)/t14-,15?,16-,17-,18+,19+,20-,21+,23+,24+,25-/m1/s1. The number of carbonyl (C=O) groups is 1. The fraction of sp³-hybridized carbons (Fsp3) is 0.962. The molecule has 0 saturated heterocycles. The number of carbonyl (C=O) groups excluding carboxylic acids is 1. The van der Waals surface area contributed by atoms with Crippen molar-refractivity contribution in [1.29, 1.82) is 0 Å². The number of aliphatic hydroxyl groups excluding tert-OH is 3. The largest absolute Gasteiger partial charge is 0.458 e. The summed E-state index contributed by atoms with van der Waals surface area (Å²) in [6.07, 6.45) is 4.01. The number of hydrogen-bond acceptors (Lipinski definition) is 7. The van der Waals surface area contributed by atoms with E-state index in [0.717, 1.165) is 25.7 Å². The predicted octanol–water partition coefficient (Wildman–Crippen LogP) is 3.39. The highest BCUT2D eigenvalue weighted by Crippen LogP contribution is 2.68.